The molecule has 2 aromatic rings. The van der Waals surface area contributed by atoms with E-state index in [-0.39, 0.29) is 0 Å². The van der Waals surface area contributed by atoms with Crippen molar-refractivity contribution in [1.82, 2.24) is 4.98 Å². The van der Waals surface area contributed by atoms with E-state index in [9.17, 15) is 0 Å². The molecular weight excluding hydrogens is 170 g/mol. The van der Waals surface area contributed by atoms with Crippen LogP contribution in [0.4, 0.5) is 0 Å². The van der Waals surface area contributed by atoms with Gasteiger partial charge in [0.25, 0.3) is 0 Å². The van der Waals surface area contributed by atoms with Crippen LogP contribution in [-0.2, 0) is 0 Å². The predicted octanol–water partition coefficient (Wildman–Crippen LogP) is 3.56. The highest BCUT2D eigenvalue weighted by molar-refractivity contribution is 5.28. The van der Waals surface area contributed by atoms with Gasteiger partial charge in [-0.1, -0.05) is 37.3 Å². The largest absolute Gasteiger partial charge is 0.364 e. The fraction of sp³-hybridized carbons (Fsp3) is 0.231. The minimum absolute atomic E-state index is 0.506. The molecular formula is C13H15N. The van der Waals surface area contributed by atoms with E-state index in [4.69, 9.17) is 0 Å². The molecule has 0 radical (unpaired) electrons. The van der Waals surface area contributed by atoms with E-state index in [2.05, 4.69) is 54.4 Å². The number of rotatable bonds is 3. The minimum atomic E-state index is 0.506. The van der Waals surface area contributed by atoms with Gasteiger partial charge in [0.2, 0.25) is 0 Å². The van der Waals surface area contributed by atoms with Gasteiger partial charge in [-0.05, 0) is 24.1 Å². The molecule has 1 atom stereocenters. The lowest BCUT2D eigenvalue weighted by Gasteiger charge is -2.13. The zero-order chi connectivity index (χ0) is 9.80. The van der Waals surface area contributed by atoms with Gasteiger partial charge in [0.15, 0.2) is 0 Å². The lowest BCUT2D eigenvalue weighted by molar-refractivity contribution is 0.755. The molecule has 1 aromatic heterocycles. The number of aromatic amines is 1. The molecule has 1 heterocycles. The summed E-state index contributed by atoms with van der Waals surface area (Å²) >= 11 is 0. The number of nitrogens with one attached hydrogen (secondary N) is 1. The summed E-state index contributed by atoms with van der Waals surface area (Å²) < 4.78 is 0. The van der Waals surface area contributed by atoms with Crippen LogP contribution >= 0.6 is 0 Å². The lowest BCUT2D eigenvalue weighted by Crippen LogP contribution is -1.99. The maximum Gasteiger partial charge on any atom is 0.0238 e. The quantitative estimate of drug-likeness (QED) is 0.752. The third kappa shape index (κ3) is 1.72. The zero-order valence-corrected chi connectivity index (χ0v) is 8.40. The Balaban J connectivity index is 2.31. The number of hydrogen-bond donors (Lipinski definition) is 1. The second-order valence-corrected chi connectivity index (χ2v) is 3.50. The van der Waals surface area contributed by atoms with Crippen LogP contribution in [0.25, 0.3) is 0 Å². The van der Waals surface area contributed by atoms with Crippen molar-refractivity contribution < 1.29 is 0 Å². The third-order valence-electron chi connectivity index (χ3n) is 2.61. The normalized spacial score (nSPS) is 12.6. The molecule has 1 N–H and O–H groups in total. The molecule has 0 saturated heterocycles. The highest BCUT2D eigenvalue weighted by Gasteiger charge is 2.11. The van der Waals surface area contributed by atoms with Crippen molar-refractivity contribution in [2.45, 2.75) is 19.3 Å². The van der Waals surface area contributed by atoms with E-state index in [0.29, 0.717) is 5.92 Å². The molecule has 72 valence electrons. The van der Waals surface area contributed by atoms with Gasteiger partial charge in [0, 0.05) is 17.8 Å². The minimum Gasteiger partial charge on any atom is -0.364 e. The van der Waals surface area contributed by atoms with Crippen molar-refractivity contribution >= 4 is 0 Å². The third-order valence-corrected chi connectivity index (χ3v) is 2.61. The lowest BCUT2D eigenvalue weighted by atomic mass is 9.93. The van der Waals surface area contributed by atoms with E-state index >= 15 is 0 Å². The molecule has 0 aliphatic heterocycles. The first-order valence-corrected chi connectivity index (χ1v) is 5.10. The van der Waals surface area contributed by atoms with Crippen molar-refractivity contribution in [2.24, 2.45) is 0 Å². The van der Waals surface area contributed by atoms with Crippen molar-refractivity contribution in [3.05, 3.63) is 59.9 Å². The van der Waals surface area contributed by atoms with Gasteiger partial charge in [-0.15, -0.1) is 0 Å². The summed E-state index contributed by atoms with van der Waals surface area (Å²) in [5.41, 5.74) is 2.69. The maximum atomic E-state index is 3.29. The molecule has 14 heavy (non-hydrogen) atoms. The molecule has 1 heteroatoms. The smallest absolute Gasteiger partial charge is 0.0238 e. The summed E-state index contributed by atoms with van der Waals surface area (Å²) in [4.78, 5) is 3.29. The SMILES string of the molecule is CCC(c1ccccc1)c1ccc[nH]1. The van der Waals surface area contributed by atoms with Gasteiger partial charge in [0.05, 0.1) is 0 Å². The van der Waals surface area contributed by atoms with Crippen molar-refractivity contribution in [3.8, 4) is 0 Å². The Hall–Kier alpha value is -1.50. The first-order chi connectivity index (χ1) is 6.92. The summed E-state index contributed by atoms with van der Waals surface area (Å²) in [5, 5.41) is 0. The Morgan fingerprint density at radius 3 is 2.43 bits per heavy atom. The molecule has 1 nitrogen and oxygen atoms in total. The van der Waals surface area contributed by atoms with E-state index in [1.165, 1.54) is 11.3 Å². The Bertz CT molecular complexity index is 361. The van der Waals surface area contributed by atoms with Crippen LogP contribution in [0.5, 0.6) is 0 Å². The zero-order valence-electron chi connectivity index (χ0n) is 8.40. The Morgan fingerprint density at radius 2 is 1.86 bits per heavy atom. The summed E-state index contributed by atoms with van der Waals surface area (Å²) in [7, 11) is 0. The van der Waals surface area contributed by atoms with E-state index in [1.54, 1.807) is 0 Å². The molecule has 0 saturated carbocycles. The molecule has 0 fully saturated rings. The van der Waals surface area contributed by atoms with Crippen LogP contribution in [0, 0.1) is 0 Å². The molecule has 0 amide bonds. The highest BCUT2D eigenvalue weighted by Crippen LogP contribution is 2.25. The first kappa shape index (κ1) is 9.07. The predicted molar refractivity (Wildman–Crippen MR) is 59.4 cm³/mol. The van der Waals surface area contributed by atoms with Gasteiger partial charge in [0.1, 0.15) is 0 Å². The second kappa shape index (κ2) is 4.14. The van der Waals surface area contributed by atoms with Crippen LogP contribution in [-0.4, -0.2) is 4.98 Å². The van der Waals surface area contributed by atoms with E-state index in [0.717, 1.165) is 6.42 Å². The Kier molecular flexibility index (Phi) is 2.68. The topological polar surface area (TPSA) is 15.8 Å². The average Bonchev–Trinajstić information content (AvgIpc) is 2.74. The molecule has 0 spiro atoms. The second-order valence-electron chi connectivity index (χ2n) is 3.50. The molecule has 1 unspecified atom stereocenters. The van der Waals surface area contributed by atoms with Crippen LogP contribution in [0.2, 0.25) is 0 Å². The fourth-order valence-electron chi connectivity index (χ4n) is 1.88. The number of aromatic nitrogens is 1. The van der Waals surface area contributed by atoms with Gasteiger partial charge in [-0.25, -0.2) is 0 Å². The van der Waals surface area contributed by atoms with Crippen LogP contribution in [0.3, 0.4) is 0 Å². The highest BCUT2D eigenvalue weighted by atomic mass is 14.7. The summed E-state index contributed by atoms with van der Waals surface area (Å²) in [6.45, 7) is 2.22. The molecule has 0 aliphatic carbocycles. The Labute approximate surface area is 84.8 Å². The van der Waals surface area contributed by atoms with E-state index < -0.39 is 0 Å². The van der Waals surface area contributed by atoms with Crippen molar-refractivity contribution in [2.75, 3.05) is 0 Å². The molecule has 0 bridgehead atoms. The maximum absolute atomic E-state index is 3.29. The van der Waals surface area contributed by atoms with Gasteiger partial charge in [-0.3, -0.25) is 0 Å². The molecule has 2 rings (SSSR count). The first-order valence-electron chi connectivity index (χ1n) is 5.10. The summed E-state index contributed by atoms with van der Waals surface area (Å²) in [6.07, 6.45) is 3.12. The fourth-order valence-corrected chi connectivity index (χ4v) is 1.88. The number of hydrogen-bond acceptors (Lipinski definition) is 0. The molecule has 0 aliphatic rings. The summed E-state index contributed by atoms with van der Waals surface area (Å²) in [6, 6.07) is 14.8. The van der Waals surface area contributed by atoms with Gasteiger partial charge in [-0.2, -0.15) is 0 Å². The van der Waals surface area contributed by atoms with Crippen LogP contribution in [0.1, 0.15) is 30.5 Å². The molecule has 1 aromatic carbocycles. The average molecular weight is 185 g/mol. The standard InChI is InChI=1S/C13H15N/c1-2-12(13-9-6-10-14-13)11-7-4-3-5-8-11/h3-10,12,14H,2H2,1H3. The Morgan fingerprint density at radius 1 is 1.07 bits per heavy atom. The van der Waals surface area contributed by atoms with Crippen molar-refractivity contribution in [3.63, 3.8) is 0 Å². The van der Waals surface area contributed by atoms with Crippen LogP contribution in [0.15, 0.2) is 48.7 Å². The van der Waals surface area contributed by atoms with E-state index in [1.807, 2.05) is 6.20 Å². The number of H-pyrrole nitrogens is 1. The van der Waals surface area contributed by atoms with Gasteiger partial charge >= 0.3 is 0 Å². The summed E-state index contributed by atoms with van der Waals surface area (Å²) in [5.74, 6) is 0.506. The number of benzene rings is 1. The van der Waals surface area contributed by atoms with Crippen molar-refractivity contribution in [1.29, 1.82) is 0 Å². The monoisotopic (exact) mass is 185 g/mol. The van der Waals surface area contributed by atoms with Gasteiger partial charge < -0.3 is 4.98 Å². The van der Waals surface area contributed by atoms with Crippen LogP contribution < -0.4 is 0 Å².